The van der Waals surface area contributed by atoms with E-state index in [0.717, 1.165) is 57.7 Å². The van der Waals surface area contributed by atoms with Crippen molar-refractivity contribution < 1.29 is 4.74 Å². The minimum absolute atomic E-state index is 0.122. The fourth-order valence-corrected chi connectivity index (χ4v) is 19.8. The number of hydrogen-bond donors (Lipinski definition) is 0. The molecule has 0 radical (unpaired) electrons. The van der Waals surface area contributed by atoms with Gasteiger partial charge in [-0.3, -0.25) is 4.98 Å². The fraction of sp³-hybridized carbons (Fsp3) is 0.0299. The van der Waals surface area contributed by atoms with E-state index in [1.54, 1.807) is 0 Å². The second-order valence-corrected chi connectivity index (χ2v) is 25.1. The number of hydrogen-bond acceptors (Lipinski definition) is 5. The summed E-state index contributed by atoms with van der Waals surface area (Å²) in [6, 6.07) is 95.8. The molecule has 74 heavy (non-hydrogen) atoms. The Kier molecular flexibility index (Phi) is 10.3. The average Bonchev–Trinajstić information content (AvgIpc) is 3.46. The summed E-state index contributed by atoms with van der Waals surface area (Å²) in [5.74, 6) is 1.77. The topological polar surface area (TPSA) is 31.8 Å². The summed E-state index contributed by atoms with van der Waals surface area (Å²) in [6.45, 7) is 0. The predicted octanol–water partition coefficient (Wildman–Crippen LogP) is 12.3. The third kappa shape index (κ3) is 6.94. The molecule has 0 fully saturated rings. The van der Waals surface area contributed by atoms with Crippen molar-refractivity contribution in [2.75, 3.05) is 14.7 Å². The SMILES string of the molecule is c1ccc(C2c3cc(N(c4ccccc4)c4ccccc4)cc4[c]3[Al]([c]3ccccc3N4c3ccccc3)[c]3cc4[c](nc32)[Al]2[c]3ccccc3Oc3cc(N(c5ccccc5)c5ccccc5)cc([c]32)C4)cc1. The van der Waals surface area contributed by atoms with Gasteiger partial charge in [-0.25, -0.2) is 0 Å². The van der Waals surface area contributed by atoms with Gasteiger partial charge in [-0.2, -0.15) is 0 Å². The third-order valence-corrected chi connectivity index (χ3v) is 22.4. The van der Waals surface area contributed by atoms with Crippen molar-refractivity contribution in [3.63, 3.8) is 0 Å². The first-order valence-electron chi connectivity index (χ1n) is 25.7. The van der Waals surface area contributed by atoms with E-state index in [1.165, 1.54) is 66.0 Å². The maximum Gasteiger partial charge on any atom is 0.424 e. The molecule has 1 aromatic heterocycles. The van der Waals surface area contributed by atoms with Crippen LogP contribution in [0.5, 0.6) is 11.5 Å². The van der Waals surface area contributed by atoms with E-state index in [-0.39, 0.29) is 5.92 Å². The van der Waals surface area contributed by atoms with Crippen molar-refractivity contribution in [3.8, 4) is 11.5 Å². The normalized spacial score (nSPS) is 14.1. The van der Waals surface area contributed by atoms with Gasteiger partial charge in [0.15, 0.2) is 0 Å². The Bertz CT molecular complexity index is 3860. The number of benzene rings is 10. The van der Waals surface area contributed by atoms with Gasteiger partial charge < -0.3 is 19.4 Å². The molecule has 15 rings (SSSR count). The maximum atomic E-state index is 7.08. The third-order valence-electron chi connectivity index (χ3n) is 15.6. The molecule has 346 valence electrons. The van der Waals surface area contributed by atoms with Gasteiger partial charge in [-0.05, 0) is 124 Å². The Morgan fingerprint density at radius 3 is 1.55 bits per heavy atom. The Morgan fingerprint density at radius 1 is 0.405 bits per heavy atom. The molecule has 0 amide bonds. The number of para-hydroxylation sites is 7. The second-order valence-electron chi connectivity index (χ2n) is 19.8. The molecule has 0 saturated heterocycles. The van der Waals surface area contributed by atoms with Gasteiger partial charge in [0, 0.05) is 63.2 Å². The lowest BCUT2D eigenvalue weighted by molar-refractivity contribution is 0.487. The Morgan fingerprint density at radius 2 is 0.932 bits per heavy atom. The van der Waals surface area contributed by atoms with E-state index in [2.05, 4.69) is 276 Å². The van der Waals surface area contributed by atoms with Gasteiger partial charge >= 0.3 is 28.3 Å². The van der Waals surface area contributed by atoms with E-state index >= 15 is 0 Å². The minimum Gasteiger partial charge on any atom is -0.460 e. The second kappa shape index (κ2) is 17.7. The molecular formula is C67H46Al2N4O. The van der Waals surface area contributed by atoms with Crippen LogP contribution < -0.4 is 46.1 Å². The monoisotopic (exact) mass is 976 g/mol. The summed E-state index contributed by atoms with van der Waals surface area (Å²) >= 11 is -4.47. The molecule has 0 saturated carbocycles. The van der Waals surface area contributed by atoms with Crippen molar-refractivity contribution in [2.24, 2.45) is 0 Å². The molecule has 4 aliphatic heterocycles. The van der Waals surface area contributed by atoms with Crippen molar-refractivity contribution >= 4 is 106 Å². The Balaban J connectivity index is 1.00. The zero-order valence-electron chi connectivity index (χ0n) is 40.5. The molecule has 5 heterocycles. The molecule has 1 unspecified atom stereocenters. The molecule has 7 heteroatoms. The van der Waals surface area contributed by atoms with Crippen LogP contribution in [0.1, 0.15) is 33.9 Å². The Hall–Kier alpha value is -8.39. The first-order valence-corrected chi connectivity index (χ1v) is 29.1. The van der Waals surface area contributed by atoms with Crippen LogP contribution in [-0.2, 0) is 6.42 Å². The lowest BCUT2D eigenvalue weighted by Crippen LogP contribution is -2.65. The van der Waals surface area contributed by atoms with Crippen LogP contribution in [0.3, 0.4) is 0 Å². The van der Waals surface area contributed by atoms with Crippen LogP contribution >= 0.6 is 0 Å². The van der Waals surface area contributed by atoms with Gasteiger partial charge in [-0.1, -0.05) is 186 Å². The summed E-state index contributed by atoms with van der Waals surface area (Å²) in [4.78, 5) is 13.6. The molecule has 0 bridgehead atoms. The summed E-state index contributed by atoms with van der Waals surface area (Å²) in [7, 11) is 0. The summed E-state index contributed by atoms with van der Waals surface area (Å²) in [5, 5.41) is 0. The van der Waals surface area contributed by atoms with Crippen LogP contribution in [-0.4, -0.2) is 33.3 Å². The molecule has 4 aliphatic rings. The molecule has 0 aliphatic carbocycles. The highest BCUT2D eigenvalue weighted by Gasteiger charge is 2.49. The van der Waals surface area contributed by atoms with Crippen molar-refractivity contribution in [3.05, 3.63) is 289 Å². The summed E-state index contributed by atoms with van der Waals surface area (Å²) in [6.07, 6.45) is 0.773. The average molecular weight is 977 g/mol. The molecule has 10 aromatic carbocycles. The van der Waals surface area contributed by atoms with Gasteiger partial charge in [-0.15, -0.1) is 0 Å². The van der Waals surface area contributed by atoms with Crippen LogP contribution in [0.25, 0.3) is 0 Å². The molecule has 0 N–H and O–H groups in total. The number of aromatic nitrogens is 1. The van der Waals surface area contributed by atoms with Gasteiger partial charge in [0.1, 0.15) is 11.5 Å². The van der Waals surface area contributed by atoms with E-state index in [0.29, 0.717) is 0 Å². The van der Waals surface area contributed by atoms with E-state index < -0.39 is 28.3 Å². The highest BCUT2D eigenvalue weighted by atomic mass is 27.2. The molecule has 11 aromatic rings. The fourth-order valence-electron chi connectivity index (χ4n) is 12.6. The highest BCUT2D eigenvalue weighted by molar-refractivity contribution is 7.00. The lowest BCUT2D eigenvalue weighted by Gasteiger charge is -2.43. The first kappa shape index (κ1) is 43.2. The zero-order chi connectivity index (χ0) is 48.7. The number of anilines is 9. The smallest absolute Gasteiger partial charge is 0.424 e. The molecular weight excluding hydrogens is 931 g/mol. The van der Waals surface area contributed by atoms with Gasteiger partial charge in [0.05, 0.1) is 5.69 Å². The zero-order valence-corrected chi connectivity index (χ0v) is 42.8. The van der Waals surface area contributed by atoms with E-state index in [4.69, 9.17) is 9.72 Å². The van der Waals surface area contributed by atoms with Crippen molar-refractivity contribution in [1.29, 1.82) is 0 Å². The highest BCUT2D eigenvalue weighted by Crippen LogP contribution is 2.47. The minimum atomic E-state index is -2.25. The Labute approximate surface area is 440 Å². The summed E-state index contributed by atoms with van der Waals surface area (Å²) < 4.78 is 15.3. The van der Waals surface area contributed by atoms with Gasteiger partial charge in [0.2, 0.25) is 0 Å². The van der Waals surface area contributed by atoms with Crippen LogP contribution in [0, 0.1) is 0 Å². The number of nitrogens with zero attached hydrogens (tertiary/aromatic N) is 4. The van der Waals surface area contributed by atoms with E-state index in [1.807, 2.05) is 0 Å². The predicted molar refractivity (Wildman–Crippen MR) is 307 cm³/mol. The summed E-state index contributed by atoms with van der Waals surface area (Å²) in [5.41, 5.74) is 16.8. The van der Waals surface area contributed by atoms with Crippen molar-refractivity contribution in [2.45, 2.75) is 12.3 Å². The maximum absolute atomic E-state index is 7.08. The van der Waals surface area contributed by atoms with E-state index in [9.17, 15) is 0 Å². The molecule has 0 spiro atoms. The number of fused-ring (bicyclic) bond motifs is 8. The first-order chi connectivity index (χ1) is 36.7. The van der Waals surface area contributed by atoms with Crippen molar-refractivity contribution in [1.82, 2.24) is 4.98 Å². The van der Waals surface area contributed by atoms with Crippen LogP contribution in [0.2, 0.25) is 0 Å². The standard InChI is InChI=1S/C67H46N4O.2Al/c1-9-25-53(26-10-1)67(54-46-62(70(57-31-15-4-16-32-57)58-33-17-5-18-34-58)48-63(47-54)71(59-35-19-6-20-36-59)60-37-21-7-22-38-60)66-42-41-51(50-68-66)43-52-44-61(49-65(45-52)72-64-39-23-8-24-40-64)69(55-27-11-2-12-28-55)56-29-13-3-14-30-56;;/h1-37,39,41,44,46,48-49,67H,43H2;;. The van der Waals surface area contributed by atoms with Gasteiger partial charge in [0.25, 0.3) is 0 Å². The molecule has 5 nitrogen and oxygen atoms in total. The number of rotatable bonds is 8. The van der Waals surface area contributed by atoms with Crippen LogP contribution in [0.4, 0.5) is 51.2 Å². The van der Waals surface area contributed by atoms with Crippen LogP contribution in [0.15, 0.2) is 261 Å². The lowest BCUT2D eigenvalue weighted by atomic mass is 9.85. The number of pyridine rings is 1. The number of ether oxygens (including phenoxy) is 1. The quantitative estimate of drug-likeness (QED) is 0.142. The largest absolute Gasteiger partial charge is 0.460 e. The molecule has 1 atom stereocenters.